The molecule has 11 nitrogen and oxygen atoms in total. The Morgan fingerprint density at radius 2 is 1.74 bits per heavy atom. The van der Waals surface area contributed by atoms with E-state index in [-0.39, 0.29) is 26.0 Å². The number of hydrogen-bond acceptors (Lipinski definition) is 11. The van der Waals surface area contributed by atoms with Gasteiger partial charge in [0.2, 0.25) is 0 Å². The topological polar surface area (TPSA) is 150 Å². The molecule has 11 heteroatoms. The van der Waals surface area contributed by atoms with Gasteiger partial charge in [0.1, 0.15) is 37.0 Å². The van der Waals surface area contributed by atoms with Gasteiger partial charge >= 0.3 is 0 Å². The van der Waals surface area contributed by atoms with Crippen molar-refractivity contribution in [3.05, 3.63) is 24.3 Å². The minimum atomic E-state index is -1.23. The quantitative estimate of drug-likeness (QED) is 0.284. The molecule has 3 rings (SSSR count). The monoisotopic (exact) mass is 441 g/mol. The lowest BCUT2D eigenvalue weighted by molar-refractivity contribution is -0.243. The Morgan fingerprint density at radius 1 is 1.03 bits per heavy atom. The maximum Gasteiger partial charge on any atom is 0.147 e. The molecule has 2 fully saturated rings. The van der Waals surface area contributed by atoms with Crippen molar-refractivity contribution < 1.29 is 29.5 Å². The van der Waals surface area contributed by atoms with Gasteiger partial charge in [0.15, 0.2) is 0 Å². The molecule has 0 radical (unpaired) electrons. The largest absolute Gasteiger partial charge is 0.390 e. The fourth-order valence-electron chi connectivity index (χ4n) is 4.41. The van der Waals surface area contributed by atoms with Gasteiger partial charge in [-0.3, -0.25) is 0 Å². The van der Waals surface area contributed by atoms with E-state index < -0.39 is 42.1 Å². The Labute approximate surface area is 182 Å². The normalized spacial score (nSPS) is 39.6. The Balaban J connectivity index is 1.72. The predicted molar refractivity (Wildman–Crippen MR) is 111 cm³/mol. The van der Waals surface area contributed by atoms with Crippen LogP contribution in [0.15, 0.2) is 18.7 Å². The Kier molecular flexibility index (Phi) is 8.67. The summed E-state index contributed by atoms with van der Waals surface area (Å²) in [5.41, 5.74) is -0.332. The first-order chi connectivity index (χ1) is 14.9. The lowest BCUT2D eigenvalue weighted by Crippen LogP contribution is -2.71. The first-order valence-electron chi connectivity index (χ1n) is 10.6. The van der Waals surface area contributed by atoms with E-state index in [4.69, 9.17) is 14.2 Å². The molecule has 6 N–H and O–H groups in total. The van der Waals surface area contributed by atoms with Crippen molar-refractivity contribution in [3.8, 4) is 0 Å². The third kappa shape index (κ3) is 5.95. The Morgan fingerprint density at radius 3 is 2.42 bits per heavy atom. The van der Waals surface area contributed by atoms with Crippen LogP contribution in [0.4, 0.5) is 0 Å². The number of aliphatic hydroxyl groups excluding tert-OH is 2. The maximum absolute atomic E-state index is 11.3. The van der Waals surface area contributed by atoms with E-state index in [1.54, 1.807) is 26.5 Å². The highest BCUT2D eigenvalue weighted by molar-refractivity contribution is 5.06. The predicted octanol–water partition coefficient (Wildman–Crippen LogP) is -2.25. The van der Waals surface area contributed by atoms with Crippen molar-refractivity contribution in [2.24, 2.45) is 0 Å². The molecule has 0 spiro atoms. The second-order valence-corrected chi connectivity index (χ2v) is 8.39. The summed E-state index contributed by atoms with van der Waals surface area (Å²) in [7, 11) is 3.39. The Hall–Kier alpha value is -1.28. The van der Waals surface area contributed by atoms with Crippen LogP contribution in [0.1, 0.15) is 18.9 Å². The molecule has 8 atom stereocenters. The van der Waals surface area contributed by atoms with E-state index >= 15 is 0 Å². The van der Waals surface area contributed by atoms with Gasteiger partial charge in [0.25, 0.3) is 0 Å². The number of aliphatic hydroxyl groups is 3. The average molecular weight is 442 g/mol. The molecule has 31 heavy (non-hydrogen) atoms. The molecule has 1 aliphatic carbocycles. The van der Waals surface area contributed by atoms with Crippen molar-refractivity contribution in [1.29, 1.82) is 0 Å². The van der Waals surface area contributed by atoms with Crippen LogP contribution in [0.5, 0.6) is 0 Å². The van der Waals surface area contributed by atoms with Crippen LogP contribution in [-0.2, 0) is 20.8 Å². The first kappa shape index (κ1) is 24.4. The molecule has 1 saturated heterocycles. The second-order valence-electron chi connectivity index (χ2n) is 8.39. The summed E-state index contributed by atoms with van der Waals surface area (Å²) in [6.07, 6.45) is 1.54. The van der Waals surface area contributed by atoms with E-state index in [2.05, 4.69) is 25.9 Å². The molecule has 1 aromatic rings. The van der Waals surface area contributed by atoms with Crippen LogP contribution in [0.3, 0.4) is 0 Å². The van der Waals surface area contributed by atoms with E-state index in [0.29, 0.717) is 13.0 Å². The molecule has 0 amide bonds. The van der Waals surface area contributed by atoms with Crippen LogP contribution in [-0.4, -0.2) is 108 Å². The minimum absolute atomic E-state index is 0.0225. The van der Waals surface area contributed by atoms with Gasteiger partial charge in [-0.1, -0.05) is 0 Å². The van der Waals surface area contributed by atoms with Crippen LogP contribution < -0.4 is 16.0 Å². The van der Waals surface area contributed by atoms with Gasteiger partial charge in [-0.15, -0.1) is 0 Å². The van der Waals surface area contributed by atoms with Crippen LogP contribution >= 0.6 is 0 Å². The zero-order valence-electron chi connectivity index (χ0n) is 18.3. The highest BCUT2D eigenvalue weighted by Crippen LogP contribution is 2.29. The van der Waals surface area contributed by atoms with Gasteiger partial charge in [0.05, 0.1) is 30.9 Å². The van der Waals surface area contributed by atoms with E-state index in [1.807, 2.05) is 6.92 Å². The molecule has 2 aliphatic rings. The molecule has 176 valence electrons. The highest BCUT2D eigenvalue weighted by atomic mass is 16.7. The number of ether oxygens (including phenoxy) is 3. The van der Waals surface area contributed by atoms with Gasteiger partial charge in [-0.25, -0.2) is 9.97 Å². The fraction of sp³-hybridized carbons (Fsp3) is 0.800. The zero-order chi connectivity index (χ0) is 22.4. The van der Waals surface area contributed by atoms with Crippen molar-refractivity contribution in [3.63, 3.8) is 0 Å². The first-order valence-corrected chi connectivity index (χ1v) is 10.6. The zero-order valence-corrected chi connectivity index (χ0v) is 18.3. The Bertz CT molecular complexity index is 673. The van der Waals surface area contributed by atoms with Crippen LogP contribution in [0, 0.1) is 0 Å². The number of fused-ring (bicyclic) bond motifs is 1. The minimum Gasteiger partial charge on any atom is -0.390 e. The number of nitrogens with one attached hydrogen (secondary N) is 3. The summed E-state index contributed by atoms with van der Waals surface area (Å²) in [6.45, 7) is 2.52. The van der Waals surface area contributed by atoms with Gasteiger partial charge in [0, 0.05) is 37.5 Å². The third-order valence-electron chi connectivity index (χ3n) is 6.01. The SMILES string of the molecule is CNC1C(O)C(NC)C2OCC(O)(CNCc3cncnc3)CC(C)OCOC2C1O. The number of hydrogen-bond donors (Lipinski definition) is 6. The number of nitrogens with zero attached hydrogens (tertiary/aromatic N) is 2. The fourth-order valence-corrected chi connectivity index (χ4v) is 4.41. The highest BCUT2D eigenvalue weighted by Gasteiger charge is 2.51. The molecule has 2 heterocycles. The molecule has 1 saturated carbocycles. The molecular formula is C20H35N5O6. The molecule has 0 bridgehead atoms. The maximum atomic E-state index is 11.3. The summed E-state index contributed by atoms with van der Waals surface area (Å²) >= 11 is 0. The van der Waals surface area contributed by atoms with Crippen LogP contribution in [0.25, 0.3) is 0 Å². The molecular weight excluding hydrogens is 406 g/mol. The average Bonchev–Trinajstić information content (AvgIpc) is 2.75. The van der Waals surface area contributed by atoms with Crippen molar-refractivity contribution in [2.75, 3.05) is 34.0 Å². The number of aromatic nitrogens is 2. The standard InChI is InChI=1S/C20H35N5O6/c1-12-4-20(28,8-23-5-13-6-24-10-25-7-13)9-29-18-15(22-3)16(26)14(21-2)17(27)19(18)31-11-30-12/h6-7,10,12,14-19,21-23,26-28H,4-5,8-9,11H2,1-3H3. The van der Waals surface area contributed by atoms with Crippen molar-refractivity contribution in [1.82, 2.24) is 25.9 Å². The summed E-state index contributed by atoms with van der Waals surface area (Å²) in [4.78, 5) is 7.98. The lowest BCUT2D eigenvalue weighted by atomic mass is 9.81. The smallest absolute Gasteiger partial charge is 0.147 e. The van der Waals surface area contributed by atoms with Gasteiger partial charge in [-0.2, -0.15) is 0 Å². The summed E-state index contributed by atoms with van der Waals surface area (Å²) < 4.78 is 17.7. The number of rotatable bonds is 6. The van der Waals surface area contributed by atoms with Crippen molar-refractivity contribution in [2.45, 2.75) is 68.1 Å². The molecule has 1 aliphatic heterocycles. The van der Waals surface area contributed by atoms with E-state index in [0.717, 1.165) is 5.56 Å². The van der Waals surface area contributed by atoms with E-state index in [9.17, 15) is 15.3 Å². The molecule has 0 aromatic carbocycles. The summed E-state index contributed by atoms with van der Waals surface area (Å²) in [5.74, 6) is 0. The van der Waals surface area contributed by atoms with Crippen molar-refractivity contribution >= 4 is 0 Å². The molecule has 1 aromatic heterocycles. The second kappa shape index (κ2) is 11.0. The third-order valence-corrected chi connectivity index (χ3v) is 6.01. The van der Waals surface area contributed by atoms with Gasteiger partial charge in [-0.05, 0) is 21.0 Å². The van der Waals surface area contributed by atoms with Crippen LogP contribution in [0.2, 0.25) is 0 Å². The summed E-state index contributed by atoms with van der Waals surface area (Å²) in [5, 5.41) is 42.1. The summed E-state index contributed by atoms with van der Waals surface area (Å²) in [6, 6.07) is -1.11. The number of likely N-dealkylation sites (N-methyl/N-ethyl adjacent to an activating group) is 2. The van der Waals surface area contributed by atoms with E-state index in [1.165, 1.54) is 6.33 Å². The molecule has 8 unspecified atom stereocenters. The lowest BCUT2D eigenvalue weighted by Gasteiger charge is -2.48. The van der Waals surface area contributed by atoms with Gasteiger partial charge < -0.3 is 45.5 Å².